The van der Waals surface area contributed by atoms with Gasteiger partial charge < -0.3 is 9.84 Å². The topological polar surface area (TPSA) is 65.0 Å². The van der Waals surface area contributed by atoms with Gasteiger partial charge in [-0.05, 0) is 17.7 Å². The van der Waals surface area contributed by atoms with E-state index in [9.17, 15) is 14.3 Å². The van der Waals surface area contributed by atoms with Gasteiger partial charge in [0.25, 0.3) is 0 Å². The molecule has 0 saturated carbocycles. The molecule has 6 heteroatoms. The summed E-state index contributed by atoms with van der Waals surface area (Å²) in [5.41, 5.74) is 0.603. The number of carbonyl (C=O) groups excluding carboxylic acids is 1. The average molecular weight is 242 g/mol. The van der Waals surface area contributed by atoms with Crippen molar-refractivity contribution in [3.8, 4) is 0 Å². The summed E-state index contributed by atoms with van der Waals surface area (Å²) in [5.74, 6) is -3.41. The highest BCUT2D eigenvalue weighted by molar-refractivity contribution is 5.77. The minimum Gasteiger partial charge on any atom is -0.465 e. The normalized spacial score (nSPS) is 28.1. The molecular formula is C11H11FO5. The van der Waals surface area contributed by atoms with Gasteiger partial charge in [0.2, 0.25) is 0 Å². The van der Waals surface area contributed by atoms with Crippen molar-refractivity contribution >= 4 is 5.97 Å². The molecule has 0 aromatic heterocycles. The molecule has 2 rings (SSSR count). The van der Waals surface area contributed by atoms with E-state index >= 15 is 0 Å². The standard InChI is InChI=1S/C11H11FO5/c1-15-10(13)11(14)6-9(16-17-11)7-2-4-8(12)5-3-7/h2-5,9,14H,6H2,1H3/t9-,11?/m0/s1. The number of ether oxygens (including phenoxy) is 1. The lowest BCUT2D eigenvalue weighted by Crippen LogP contribution is -2.38. The lowest BCUT2D eigenvalue weighted by molar-refractivity contribution is -0.369. The summed E-state index contributed by atoms with van der Waals surface area (Å²) in [6.45, 7) is 0. The molecule has 1 heterocycles. The number of carbonyl (C=O) groups is 1. The van der Waals surface area contributed by atoms with E-state index in [0.717, 1.165) is 7.11 Å². The van der Waals surface area contributed by atoms with Crippen LogP contribution < -0.4 is 0 Å². The zero-order valence-corrected chi connectivity index (χ0v) is 9.05. The summed E-state index contributed by atoms with van der Waals surface area (Å²) >= 11 is 0. The molecule has 0 bridgehead atoms. The van der Waals surface area contributed by atoms with E-state index in [0.29, 0.717) is 5.56 Å². The molecule has 1 N–H and O–H groups in total. The summed E-state index contributed by atoms with van der Waals surface area (Å²) < 4.78 is 17.1. The average Bonchev–Trinajstić information content (AvgIpc) is 2.73. The van der Waals surface area contributed by atoms with Crippen LogP contribution in [0, 0.1) is 5.82 Å². The van der Waals surface area contributed by atoms with E-state index < -0.39 is 17.9 Å². The van der Waals surface area contributed by atoms with Gasteiger partial charge in [-0.2, -0.15) is 4.89 Å². The van der Waals surface area contributed by atoms with Crippen LogP contribution in [-0.2, 0) is 19.3 Å². The molecule has 1 unspecified atom stereocenters. The summed E-state index contributed by atoms with van der Waals surface area (Å²) in [5, 5.41) is 9.75. The molecule has 1 aromatic rings. The van der Waals surface area contributed by atoms with Crippen LogP contribution >= 0.6 is 0 Å². The van der Waals surface area contributed by atoms with Gasteiger partial charge in [-0.25, -0.2) is 14.1 Å². The predicted octanol–water partition coefficient (Wildman–Crippen LogP) is 1.08. The van der Waals surface area contributed by atoms with Gasteiger partial charge in [0.1, 0.15) is 11.9 Å². The Kier molecular flexibility index (Phi) is 3.10. The van der Waals surface area contributed by atoms with Crippen LogP contribution in [0.4, 0.5) is 4.39 Å². The van der Waals surface area contributed by atoms with Crippen molar-refractivity contribution in [2.24, 2.45) is 0 Å². The second-order valence-electron chi connectivity index (χ2n) is 3.70. The Hall–Kier alpha value is -1.50. The zero-order chi connectivity index (χ0) is 12.5. The van der Waals surface area contributed by atoms with Gasteiger partial charge in [-0.1, -0.05) is 12.1 Å². The first-order chi connectivity index (χ1) is 8.05. The van der Waals surface area contributed by atoms with Gasteiger partial charge in [0.05, 0.1) is 7.11 Å². The molecule has 0 aliphatic carbocycles. The maximum atomic E-state index is 12.7. The lowest BCUT2D eigenvalue weighted by Gasteiger charge is -2.14. The molecule has 92 valence electrons. The van der Waals surface area contributed by atoms with Crippen LogP contribution in [0.5, 0.6) is 0 Å². The van der Waals surface area contributed by atoms with Crippen LogP contribution in [-0.4, -0.2) is 24.0 Å². The highest BCUT2D eigenvalue weighted by Crippen LogP contribution is 2.36. The fourth-order valence-corrected chi connectivity index (χ4v) is 1.58. The van der Waals surface area contributed by atoms with Crippen molar-refractivity contribution < 1.29 is 28.8 Å². The maximum Gasteiger partial charge on any atom is 0.369 e. The SMILES string of the molecule is COC(=O)C1(O)C[C@@H](c2ccc(F)cc2)OO1. The molecule has 1 aliphatic rings. The predicted molar refractivity (Wildman–Crippen MR) is 52.9 cm³/mol. The number of aliphatic hydroxyl groups is 1. The smallest absolute Gasteiger partial charge is 0.369 e. The molecule has 1 aromatic carbocycles. The molecule has 0 amide bonds. The first kappa shape index (κ1) is 12.0. The van der Waals surface area contributed by atoms with Crippen LogP contribution in [0.25, 0.3) is 0 Å². The Labute approximate surface area is 96.6 Å². The maximum absolute atomic E-state index is 12.7. The fourth-order valence-electron chi connectivity index (χ4n) is 1.58. The van der Waals surface area contributed by atoms with Crippen LogP contribution in [0.2, 0.25) is 0 Å². The van der Waals surface area contributed by atoms with E-state index in [-0.39, 0.29) is 12.2 Å². The molecule has 5 nitrogen and oxygen atoms in total. The van der Waals surface area contributed by atoms with Crippen molar-refractivity contribution in [3.05, 3.63) is 35.6 Å². The van der Waals surface area contributed by atoms with Gasteiger partial charge in [0, 0.05) is 6.42 Å². The number of rotatable bonds is 2. The number of esters is 1. The van der Waals surface area contributed by atoms with E-state index in [4.69, 9.17) is 4.89 Å². The van der Waals surface area contributed by atoms with Crippen molar-refractivity contribution in [2.75, 3.05) is 7.11 Å². The molecule has 17 heavy (non-hydrogen) atoms. The summed E-state index contributed by atoms with van der Waals surface area (Å²) in [6.07, 6.45) is -0.745. The van der Waals surface area contributed by atoms with E-state index in [1.807, 2.05) is 0 Å². The van der Waals surface area contributed by atoms with E-state index in [1.165, 1.54) is 24.3 Å². The Balaban J connectivity index is 2.12. The Morgan fingerprint density at radius 1 is 1.53 bits per heavy atom. The van der Waals surface area contributed by atoms with Crippen LogP contribution in [0.15, 0.2) is 24.3 Å². The monoisotopic (exact) mass is 242 g/mol. The number of methoxy groups -OCH3 is 1. The lowest BCUT2D eigenvalue weighted by atomic mass is 10.0. The summed E-state index contributed by atoms with van der Waals surface area (Å²) in [6, 6.07) is 5.50. The number of halogens is 1. The molecule has 0 radical (unpaired) electrons. The van der Waals surface area contributed by atoms with Crippen molar-refractivity contribution in [1.82, 2.24) is 0 Å². The number of benzene rings is 1. The van der Waals surface area contributed by atoms with Gasteiger partial charge in [-0.15, -0.1) is 0 Å². The van der Waals surface area contributed by atoms with E-state index in [1.54, 1.807) is 0 Å². The van der Waals surface area contributed by atoms with E-state index in [2.05, 4.69) is 9.62 Å². The molecule has 1 fully saturated rings. The zero-order valence-electron chi connectivity index (χ0n) is 9.05. The van der Waals surface area contributed by atoms with Crippen molar-refractivity contribution in [1.29, 1.82) is 0 Å². The Bertz CT molecular complexity index is 418. The number of hydrogen-bond acceptors (Lipinski definition) is 5. The highest BCUT2D eigenvalue weighted by Gasteiger charge is 2.49. The largest absolute Gasteiger partial charge is 0.465 e. The first-order valence-electron chi connectivity index (χ1n) is 4.96. The molecule has 2 atom stereocenters. The Morgan fingerprint density at radius 2 is 2.18 bits per heavy atom. The van der Waals surface area contributed by atoms with Crippen molar-refractivity contribution in [3.63, 3.8) is 0 Å². The first-order valence-corrected chi connectivity index (χ1v) is 4.96. The second kappa shape index (κ2) is 4.40. The Morgan fingerprint density at radius 3 is 2.76 bits per heavy atom. The minimum absolute atomic E-state index is 0.106. The summed E-state index contributed by atoms with van der Waals surface area (Å²) in [4.78, 5) is 20.7. The third-order valence-electron chi connectivity index (χ3n) is 2.51. The van der Waals surface area contributed by atoms with Crippen LogP contribution in [0.3, 0.4) is 0 Å². The third kappa shape index (κ3) is 2.28. The summed E-state index contributed by atoms with van der Waals surface area (Å²) in [7, 11) is 1.13. The molecule has 1 saturated heterocycles. The third-order valence-corrected chi connectivity index (χ3v) is 2.51. The van der Waals surface area contributed by atoms with Gasteiger partial charge in [0.15, 0.2) is 0 Å². The molecular weight excluding hydrogens is 231 g/mol. The molecule has 1 aliphatic heterocycles. The van der Waals surface area contributed by atoms with Gasteiger partial charge >= 0.3 is 11.8 Å². The quantitative estimate of drug-likeness (QED) is 0.621. The minimum atomic E-state index is -2.10. The molecule has 0 spiro atoms. The fraction of sp³-hybridized carbons (Fsp3) is 0.364. The second-order valence-corrected chi connectivity index (χ2v) is 3.70. The number of hydrogen-bond donors (Lipinski definition) is 1. The van der Waals surface area contributed by atoms with Crippen molar-refractivity contribution in [2.45, 2.75) is 18.3 Å². The highest BCUT2D eigenvalue weighted by atomic mass is 19.1. The van der Waals surface area contributed by atoms with Gasteiger partial charge in [-0.3, -0.25) is 0 Å². The van der Waals surface area contributed by atoms with Crippen LogP contribution in [0.1, 0.15) is 18.1 Å².